The number of allylic oxidation sites excluding steroid dienone is 5. The van der Waals surface area contributed by atoms with Crippen LogP contribution >= 0.6 is 0 Å². The van der Waals surface area contributed by atoms with Crippen molar-refractivity contribution in [2.45, 2.75) is 64.7 Å². The SMILES string of the molecule is CC[C@H](C=C1OC(=O)C2=C(c3cc(O)ccc3-c3ccccc3)[C@@H]3CC[C@]12[C@H]1C2=C(CC[C@H]31)C(=CC[C@H](CO)C1CCNCC1)OC2=O)Cc1ccccc1. The third-order valence-electron chi connectivity index (χ3n) is 13.9. The number of aliphatic hydroxyl groups is 1. The van der Waals surface area contributed by atoms with Crippen molar-refractivity contribution in [3.05, 3.63) is 130 Å². The van der Waals surface area contributed by atoms with Gasteiger partial charge in [0.05, 0.1) is 11.0 Å². The normalized spacial score (nSPS) is 28.6. The maximum atomic E-state index is 14.7. The molecule has 1 saturated carbocycles. The second-order valence-corrected chi connectivity index (χ2v) is 16.6. The summed E-state index contributed by atoms with van der Waals surface area (Å²) >= 11 is 0. The lowest BCUT2D eigenvalue weighted by atomic mass is 9.44. The van der Waals surface area contributed by atoms with E-state index in [1.54, 1.807) is 6.07 Å². The van der Waals surface area contributed by atoms with E-state index in [1.807, 2.05) is 36.4 Å². The Bertz CT molecular complexity index is 2110. The number of piperidine rings is 1. The molecule has 7 nitrogen and oxygen atoms in total. The number of ether oxygens (including phenoxy) is 2. The summed E-state index contributed by atoms with van der Waals surface area (Å²) in [6.45, 7) is 4.21. The predicted molar refractivity (Wildman–Crippen MR) is 212 cm³/mol. The molecule has 284 valence electrons. The van der Waals surface area contributed by atoms with E-state index in [-0.39, 0.29) is 53.9 Å². The first-order valence-electron chi connectivity index (χ1n) is 20.5. The molecule has 10 rings (SSSR count). The minimum Gasteiger partial charge on any atom is -0.508 e. The van der Waals surface area contributed by atoms with Crippen LogP contribution in [0.25, 0.3) is 16.7 Å². The van der Waals surface area contributed by atoms with E-state index >= 15 is 0 Å². The van der Waals surface area contributed by atoms with Gasteiger partial charge in [-0.1, -0.05) is 73.7 Å². The van der Waals surface area contributed by atoms with Gasteiger partial charge >= 0.3 is 11.9 Å². The Balaban J connectivity index is 1.20. The molecule has 3 heterocycles. The lowest BCUT2D eigenvalue weighted by Gasteiger charge is -2.56. The number of aliphatic hydroxyl groups excluding tert-OH is 1. The number of carbonyl (C=O) groups is 2. The Morgan fingerprint density at radius 3 is 2.40 bits per heavy atom. The number of benzene rings is 3. The summed E-state index contributed by atoms with van der Waals surface area (Å²) in [5.41, 5.74) is 6.53. The van der Waals surface area contributed by atoms with Crippen LogP contribution in [-0.4, -0.2) is 41.8 Å². The summed E-state index contributed by atoms with van der Waals surface area (Å²) in [6.07, 6.45) is 11.8. The first-order valence-corrected chi connectivity index (χ1v) is 20.5. The molecule has 4 aliphatic carbocycles. The number of phenols is 1. The molecule has 3 aliphatic heterocycles. The zero-order chi connectivity index (χ0) is 37.7. The standard InChI is InChI=1S/C48H51NO6/c1-2-29(25-30-9-5-3-6-10-30)26-41-48-22-19-36(42(45(48)47(53)55-41)39-27-34(51)14-15-35(39)32-11-7-4-8-12-32)37-16-17-38-40(54-46(52)43(38)44(37)48)18-13-33(28-50)31-20-23-49-24-21-31/h3-12,14-15,18,26-27,29,31,33,36-37,44,49-51H,2,13,16-17,19-25,28H2,1H3/t29-,33+,36+,37+,44+,48+/m0/s1. The van der Waals surface area contributed by atoms with Gasteiger partial charge in [-0.15, -0.1) is 0 Å². The third kappa shape index (κ3) is 6.11. The van der Waals surface area contributed by atoms with Gasteiger partial charge in [-0.05, 0) is 153 Å². The first-order chi connectivity index (χ1) is 26.9. The number of carbonyl (C=O) groups excluding carboxylic acids is 2. The second kappa shape index (κ2) is 14.7. The van der Waals surface area contributed by atoms with Gasteiger partial charge in [0.2, 0.25) is 0 Å². The predicted octanol–water partition coefficient (Wildman–Crippen LogP) is 8.69. The molecule has 55 heavy (non-hydrogen) atoms. The van der Waals surface area contributed by atoms with E-state index in [2.05, 4.69) is 60.8 Å². The van der Waals surface area contributed by atoms with Crippen molar-refractivity contribution >= 4 is 17.5 Å². The van der Waals surface area contributed by atoms with Crippen LogP contribution in [0, 0.1) is 40.9 Å². The van der Waals surface area contributed by atoms with E-state index < -0.39 is 5.41 Å². The van der Waals surface area contributed by atoms with Crippen molar-refractivity contribution in [2.24, 2.45) is 40.9 Å². The molecule has 0 radical (unpaired) electrons. The summed E-state index contributed by atoms with van der Waals surface area (Å²) in [6, 6.07) is 26.1. The van der Waals surface area contributed by atoms with Gasteiger partial charge in [-0.3, -0.25) is 0 Å². The topological polar surface area (TPSA) is 105 Å². The molecule has 3 aromatic rings. The molecule has 2 bridgehead atoms. The van der Waals surface area contributed by atoms with Gasteiger partial charge < -0.3 is 25.0 Å². The lowest BCUT2D eigenvalue weighted by Crippen LogP contribution is -2.52. The number of rotatable bonds is 10. The van der Waals surface area contributed by atoms with Gasteiger partial charge in [-0.25, -0.2) is 9.59 Å². The van der Waals surface area contributed by atoms with Crippen LogP contribution in [0.1, 0.15) is 69.4 Å². The molecule has 2 saturated heterocycles. The molecule has 7 aliphatic rings. The molecule has 6 atom stereocenters. The van der Waals surface area contributed by atoms with Crippen LogP contribution in [0.5, 0.6) is 5.75 Å². The van der Waals surface area contributed by atoms with Crippen LogP contribution in [0.2, 0.25) is 0 Å². The van der Waals surface area contributed by atoms with Crippen molar-refractivity contribution in [1.82, 2.24) is 5.32 Å². The van der Waals surface area contributed by atoms with Crippen LogP contribution in [0.3, 0.4) is 0 Å². The zero-order valence-electron chi connectivity index (χ0n) is 31.6. The Morgan fingerprint density at radius 2 is 1.65 bits per heavy atom. The molecule has 7 heteroatoms. The molecular weight excluding hydrogens is 687 g/mol. The molecule has 3 N–H and O–H groups in total. The highest BCUT2D eigenvalue weighted by molar-refractivity contribution is 6.07. The van der Waals surface area contributed by atoms with E-state index in [4.69, 9.17) is 9.47 Å². The monoisotopic (exact) mass is 737 g/mol. The number of cyclic esters (lactones) is 2. The van der Waals surface area contributed by atoms with Gasteiger partial charge in [0.1, 0.15) is 17.3 Å². The molecule has 0 aromatic heterocycles. The maximum absolute atomic E-state index is 14.7. The highest BCUT2D eigenvalue weighted by Crippen LogP contribution is 2.72. The van der Waals surface area contributed by atoms with Crippen LogP contribution in [0.15, 0.2) is 119 Å². The van der Waals surface area contributed by atoms with Crippen molar-refractivity contribution in [3.8, 4) is 16.9 Å². The molecule has 3 fully saturated rings. The molecule has 3 aromatic carbocycles. The van der Waals surface area contributed by atoms with Crippen molar-refractivity contribution in [3.63, 3.8) is 0 Å². The summed E-state index contributed by atoms with van der Waals surface area (Å²) in [7, 11) is 0. The Morgan fingerprint density at radius 1 is 0.891 bits per heavy atom. The van der Waals surface area contributed by atoms with E-state index in [0.717, 1.165) is 79.5 Å². The van der Waals surface area contributed by atoms with Gasteiger partial charge in [-0.2, -0.15) is 0 Å². The van der Waals surface area contributed by atoms with Gasteiger partial charge in [0.15, 0.2) is 0 Å². The summed E-state index contributed by atoms with van der Waals surface area (Å²) < 4.78 is 12.7. The van der Waals surface area contributed by atoms with Crippen molar-refractivity contribution in [2.75, 3.05) is 19.7 Å². The lowest BCUT2D eigenvalue weighted by molar-refractivity contribution is -0.135. The Labute approximate surface area is 323 Å². The molecular formula is C48H51NO6. The molecule has 0 unspecified atom stereocenters. The van der Waals surface area contributed by atoms with Crippen molar-refractivity contribution < 1.29 is 29.3 Å². The number of hydrogen-bond acceptors (Lipinski definition) is 7. The average molecular weight is 738 g/mol. The minimum atomic E-state index is -0.840. The highest BCUT2D eigenvalue weighted by atomic mass is 16.5. The second-order valence-electron chi connectivity index (χ2n) is 16.6. The van der Waals surface area contributed by atoms with Crippen LogP contribution < -0.4 is 5.32 Å². The molecule has 1 spiro atoms. The zero-order valence-corrected chi connectivity index (χ0v) is 31.6. The Hall–Kier alpha value is -4.72. The first kappa shape index (κ1) is 35.9. The van der Waals surface area contributed by atoms with E-state index in [9.17, 15) is 19.8 Å². The van der Waals surface area contributed by atoms with E-state index in [1.165, 1.54) is 5.56 Å². The number of esters is 2. The van der Waals surface area contributed by atoms with Crippen LogP contribution in [-0.2, 0) is 25.5 Å². The summed E-state index contributed by atoms with van der Waals surface area (Å²) in [5.74, 6) is 1.29. The average Bonchev–Trinajstić information content (AvgIpc) is 3.71. The van der Waals surface area contributed by atoms with Gasteiger partial charge in [0, 0.05) is 23.7 Å². The summed E-state index contributed by atoms with van der Waals surface area (Å²) in [4.78, 5) is 29.0. The maximum Gasteiger partial charge on any atom is 0.340 e. The minimum absolute atomic E-state index is 0.00196. The van der Waals surface area contributed by atoms with Crippen molar-refractivity contribution in [1.29, 1.82) is 0 Å². The third-order valence-corrected chi connectivity index (χ3v) is 13.9. The number of fused-ring (bicyclic) bond motifs is 1. The quantitative estimate of drug-likeness (QED) is 0.179. The highest BCUT2D eigenvalue weighted by Gasteiger charge is 2.68. The number of aromatic hydroxyl groups is 1. The Kier molecular flexibility index (Phi) is 9.63. The molecule has 0 amide bonds. The van der Waals surface area contributed by atoms with E-state index in [0.29, 0.717) is 47.8 Å². The number of phenolic OH excluding ortho intramolecular Hbond substituents is 1. The fraction of sp³-hybridized carbons (Fsp3) is 0.417. The smallest absolute Gasteiger partial charge is 0.340 e. The number of nitrogens with one attached hydrogen (secondary N) is 1. The summed E-state index contributed by atoms with van der Waals surface area (Å²) in [5, 5.41) is 24.8. The fourth-order valence-corrected chi connectivity index (χ4v) is 11.3. The largest absolute Gasteiger partial charge is 0.508 e. The number of hydrogen-bond donors (Lipinski definition) is 3. The van der Waals surface area contributed by atoms with Gasteiger partial charge in [0.25, 0.3) is 0 Å². The fourth-order valence-electron chi connectivity index (χ4n) is 11.3. The van der Waals surface area contributed by atoms with Crippen LogP contribution in [0.4, 0.5) is 0 Å².